The highest BCUT2D eigenvalue weighted by molar-refractivity contribution is 6.21. The maximum atomic E-state index is 13.5. The van der Waals surface area contributed by atoms with E-state index in [-0.39, 0.29) is 0 Å². The summed E-state index contributed by atoms with van der Waals surface area (Å²) in [6.45, 7) is 6.19. The van der Waals surface area contributed by atoms with E-state index in [1.54, 1.807) is 64.1 Å². The van der Waals surface area contributed by atoms with Gasteiger partial charge in [0.2, 0.25) is 12.5 Å². The molecule has 148 valence electrons. The molecule has 3 rings (SSSR count). The molecule has 2 amide bonds. The summed E-state index contributed by atoms with van der Waals surface area (Å²) in [5.41, 5.74) is -1.27. The number of carbonyl (C=O) groups is 2. The van der Waals surface area contributed by atoms with Crippen LogP contribution in [0.4, 0.5) is 10.5 Å². The highest BCUT2D eigenvalue weighted by Crippen LogP contribution is 2.50. The summed E-state index contributed by atoms with van der Waals surface area (Å²) in [5.74, 6) is -1.15. The van der Waals surface area contributed by atoms with E-state index >= 15 is 0 Å². The molecule has 0 spiro atoms. The highest BCUT2D eigenvalue weighted by Gasteiger charge is 2.57. The monoisotopic (exact) mass is 386 g/mol. The largest absolute Gasteiger partial charge is 0.469 e. The quantitative estimate of drug-likeness (QED) is 0.583. The van der Waals surface area contributed by atoms with Crippen molar-refractivity contribution >= 4 is 17.7 Å². The van der Waals surface area contributed by atoms with Crippen LogP contribution < -0.4 is 4.90 Å². The number of nitro groups is 1. The van der Waals surface area contributed by atoms with Crippen LogP contribution in [0.1, 0.15) is 44.9 Å². The molecule has 2 atom stereocenters. The Hall–Kier alpha value is -3.16. The molecular weight excluding hydrogens is 364 g/mol. The zero-order chi connectivity index (χ0) is 20.7. The maximum absolute atomic E-state index is 13.5. The lowest BCUT2D eigenvalue weighted by atomic mass is 9.71. The van der Waals surface area contributed by atoms with Crippen LogP contribution in [0, 0.1) is 10.1 Å². The fourth-order valence-corrected chi connectivity index (χ4v) is 3.59. The molecular formula is C20H22N2O6. The summed E-state index contributed by atoms with van der Waals surface area (Å²) in [7, 11) is 0. The molecule has 0 N–H and O–H groups in total. The Balaban J connectivity index is 2.14. The van der Waals surface area contributed by atoms with Gasteiger partial charge in [0.25, 0.3) is 0 Å². The lowest BCUT2D eigenvalue weighted by Gasteiger charge is -2.30. The Labute approximate surface area is 162 Å². The lowest BCUT2D eigenvalue weighted by molar-refractivity contribution is -0.485. The van der Waals surface area contributed by atoms with Crippen LogP contribution in [0.5, 0.6) is 0 Å². The minimum Gasteiger partial charge on any atom is -0.469 e. The molecule has 1 aromatic carbocycles. The van der Waals surface area contributed by atoms with Gasteiger partial charge in [-0.05, 0) is 51.5 Å². The number of hydrogen-bond acceptors (Lipinski definition) is 6. The number of amides is 2. The van der Waals surface area contributed by atoms with Crippen LogP contribution in [-0.2, 0) is 14.9 Å². The fourth-order valence-electron chi connectivity index (χ4n) is 3.59. The van der Waals surface area contributed by atoms with E-state index in [4.69, 9.17) is 9.15 Å². The number of furan rings is 1. The smallest absolute Gasteiger partial charge is 0.421 e. The second-order valence-electron chi connectivity index (χ2n) is 7.92. The number of benzene rings is 1. The van der Waals surface area contributed by atoms with Crippen molar-refractivity contribution in [1.82, 2.24) is 0 Å². The molecule has 28 heavy (non-hydrogen) atoms. The molecule has 8 heteroatoms. The average Bonchev–Trinajstić information content (AvgIpc) is 3.18. The van der Waals surface area contributed by atoms with Crippen LogP contribution in [0.15, 0.2) is 47.1 Å². The molecule has 1 aromatic heterocycles. The van der Waals surface area contributed by atoms with Crippen LogP contribution in [0.3, 0.4) is 0 Å². The van der Waals surface area contributed by atoms with Crippen molar-refractivity contribution in [1.29, 1.82) is 0 Å². The van der Waals surface area contributed by atoms with Gasteiger partial charge in [0.05, 0.1) is 23.3 Å². The molecule has 0 bridgehead atoms. The third-order valence-corrected chi connectivity index (χ3v) is 4.84. The van der Waals surface area contributed by atoms with Gasteiger partial charge in [0.1, 0.15) is 11.4 Å². The summed E-state index contributed by atoms with van der Waals surface area (Å²) in [6, 6.07) is 9.98. The van der Waals surface area contributed by atoms with Crippen molar-refractivity contribution in [3.63, 3.8) is 0 Å². The van der Waals surface area contributed by atoms with Crippen LogP contribution in [0.2, 0.25) is 0 Å². The van der Waals surface area contributed by atoms with Crippen molar-refractivity contribution in [2.24, 2.45) is 0 Å². The van der Waals surface area contributed by atoms with Crippen molar-refractivity contribution < 1.29 is 23.7 Å². The van der Waals surface area contributed by atoms with Crippen molar-refractivity contribution in [3.05, 3.63) is 64.1 Å². The zero-order valence-electron chi connectivity index (χ0n) is 16.2. The molecule has 1 aliphatic rings. The second kappa shape index (κ2) is 6.78. The number of ether oxygens (including phenoxy) is 1. The van der Waals surface area contributed by atoms with Gasteiger partial charge in [-0.1, -0.05) is 18.2 Å². The van der Waals surface area contributed by atoms with Gasteiger partial charge < -0.3 is 9.15 Å². The van der Waals surface area contributed by atoms with Gasteiger partial charge in [-0.25, -0.2) is 9.69 Å². The van der Waals surface area contributed by atoms with E-state index in [9.17, 15) is 19.7 Å². The minimum absolute atomic E-state index is 0.313. The molecule has 0 saturated heterocycles. The topological polar surface area (TPSA) is 103 Å². The average molecular weight is 386 g/mol. The molecule has 0 saturated carbocycles. The van der Waals surface area contributed by atoms with E-state index < -0.39 is 40.4 Å². The van der Waals surface area contributed by atoms with Gasteiger partial charge in [-0.15, -0.1) is 0 Å². The molecule has 8 nitrogen and oxygen atoms in total. The molecule has 2 aromatic rings. The van der Waals surface area contributed by atoms with Crippen LogP contribution >= 0.6 is 0 Å². The standard InChI is InChI=1S/C20H22N2O6/c1-19(2,3)28-18(24)22-15-9-6-5-8-13(15)20(4,17(22)23)14(12-21(25)26)16-10-7-11-27-16/h5-11,14H,12H2,1-4H3/t14-,20-/m0/s1. The number of anilines is 1. The second-order valence-corrected chi connectivity index (χ2v) is 7.92. The number of nitrogens with zero attached hydrogens (tertiary/aromatic N) is 2. The Morgan fingerprint density at radius 2 is 1.96 bits per heavy atom. The molecule has 0 fully saturated rings. The van der Waals surface area contributed by atoms with Crippen LogP contribution in [-0.4, -0.2) is 29.1 Å². The molecule has 0 unspecified atom stereocenters. The van der Waals surface area contributed by atoms with Gasteiger partial charge in [-0.2, -0.15) is 0 Å². The highest BCUT2D eigenvalue weighted by atomic mass is 16.6. The Kier molecular flexibility index (Phi) is 4.74. The Bertz CT molecular complexity index is 915. The van der Waals surface area contributed by atoms with E-state index in [0.29, 0.717) is 17.0 Å². The third kappa shape index (κ3) is 3.26. The number of carbonyl (C=O) groups excluding carboxylic acids is 2. The third-order valence-electron chi connectivity index (χ3n) is 4.84. The Morgan fingerprint density at radius 3 is 2.54 bits per heavy atom. The SMILES string of the molecule is CC(C)(C)OC(=O)N1C(=O)[C@](C)([C@@H](C[N+](=O)[O-])c2ccco2)c2ccccc21. The van der Waals surface area contributed by atoms with Gasteiger partial charge >= 0.3 is 6.09 Å². The van der Waals surface area contributed by atoms with Crippen molar-refractivity contribution in [2.45, 2.75) is 44.6 Å². The maximum Gasteiger partial charge on any atom is 0.421 e. The minimum atomic E-state index is -1.36. The fraction of sp³-hybridized carbons (Fsp3) is 0.400. The summed E-state index contributed by atoms with van der Waals surface area (Å²) in [5, 5.41) is 11.4. The van der Waals surface area contributed by atoms with Gasteiger partial charge in [0.15, 0.2) is 0 Å². The first-order valence-corrected chi connectivity index (χ1v) is 8.88. The number of imide groups is 1. The van der Waals surface area contributed by atoms with Crippen molar-refractivity contribution in [2.75, 3.05) is 11.4 Å². The summed E-state index contributed by atoms with van der Waals surface area (Å²) in [6.07, 6.45) is 0.593. The Morgan fingerprint density at radius 1 is 1.29 bits per heavy atom. The molecule has 1 aliphatic heterocycles. The number of hydrogen-bond donors (Lipinski definition) is 0. The molecule has 0 aliphatic carbocycles. The number of para-hydroxylation sites is 1. The predicted molar refractivity (Wildman–Crippen MR) is 101 cm³/mol. The van der Waals surface area contributed by atoms with E-state index in [0.717, 1.165) is 4.90 Å². The van der Waals surface area contributed by atoms with Gasteiger partial charge in [-0.3, -0.25) is 14.9 Å². The molecule has 2 heterocycles. The summed E-state index contributed by atoms with van der Waals surface area (Å²) < 4.78 is 10.8. The number of rotatable bonds is 4. The van der Waals surface area contributed by atoms with E-state index in [1.807, 2.05) is 0 Å². The summed E-state index contributed by atoms with van der Waals surface area (Å²) in [4.78, 5) is 38.1. The normalized spacial score (nSPS) is 20.0. The first-order valence-electron chi connectivity index (χ1n) is 8.88. The predicted octanol–water partition coefficient (Wildman–Crippen LogP) is 3.88. The number of fused-ring (bicyclic) bond motifs is 1. The zero-order valence-corrected chi connectivity index (χ0v) is 16.2. The summed E-state index contributed by atoms with van der Waals surface area (Å²) >= 11 is 0. The van der Waals surface area contributed by atoms with E-state index in [2.05, 4.69) is 0 Å². The van der Waals surface area contributed by atoms with Crippen molar-refractivity contribution in [3.8, 4) is 0 Å². The van der Waals surface area contributed by atoms with E-state index in [1.165, 1.54) is 6.26 Å². The lowest BCUT2D eigenvalue weighted by Crippen LogP contribution is -2.47. The van der Waals surface area contributed by atoms with Gasteiger partial charge in [0, 0.05) is 4.92 Å². The molecule has 0 radical (unpaired) electrons. The first-order chi connectivity index (χ1) is 13.1. The van der Waals surface area contributed by atoms with Crippen LogP contribution in [0.25, 0.3) is 0 Å². The first kappa shape index (κ1) is 19.6.